The number of amides is 5. The molecule has 26 heavy (non-hydrogen) atoms. The fourth-order valence-corrected chi connectivity index (χ4v) is 3.53. The normalized spacial score (nSPS) is 23.5. The van der Waals surface area contributed by atoms with Crippen LogP contribution in [0, 0.1) is 11.7 Å². The van der Waals surface area contributed by atoms with Crippen LogP contribution in [0.3, 0.4) is 0 Å². The topological polar surface area (TPSA) is 86.8 Å². The molecule has 1 saturated heterocycles. The van der Waals surface area contributed by atoms with Gasteiger partial charge >= 0.3 is 17.8 Å². The van der Waals surface area contributed by atoms with Crippen LogP contribution in [0.25, 0.3) is 0 Å². The van der Waals surface area contributed by atoms with E-state index in [0.717, 1.165) is 24.2 Å². The standard InChI is InChI=1S/C18H20FN3O4/c1-11-6-2-5-9-14(11)22-17(25)16(24)21(18(22)26)10-15(23)20-13-8-4-3-7-12(13)19/h3-4,7-8,11,14H,2,5-6,9-10H2,1H3,(H,20,23)/t11-,14+/m1/s1. The van der Waals surface area contributed by atoms with E-state index in [1.807, 2.05) is 6.92 Å². The van der Waals surface area contributed by atoms with Gasteiger partial charge in [-0.1, -0.05) is 31.9 Å². The Morgan fingerprint density at radius 1 is 1.15 bits per heavy atom. The van der Waals surface area contributed by atoms with Crippen molar-refractivity contribution in [1.29, 1.82) is 0 Å². The average molecular weight is 361 g/mol. The van der Waals surface area contributed by atoms with Crippen LogP contribution in [-0.4, -0.2) is 46.1 Å². The van der Waals surface area contributed by atoms with Crippen LogP contribution in [0.4, 0.5) is 14.9 Å². The minimum absolute atomic E-state index is 0.0549. The van der Waals surface area contributed by atoms with Crippen molar-refractivity contribution < 1.29 is 23.6 Å². The van der Waals surface area contributed by atoms with Crippen LogP contribution >= 0.6 is 0 Å². The minimum Gasteiger partial charge on any atom is -0.322 e. The molecule has 2 aliphatic rings. The largest absolute Gasteiger partial charge is 0.334 e. The van der Waals surface area contributed by atoms with Gasteiger partial charge in [-0.05, 0) is 30.9 Å². The quantitative estimate of drug-likeness (QED) is 0.657. The molecule has 1 heterocycles. The summed E-state index contributed by atoms with van der Waals surface area (Å²) in [6.45, 7) is 1.32. The second-order valence-electron chi connectivity index (χ2n) is 6.71. The summed E-state index contributed by atoms with van der Waals surface area (Å²) >= 11 is 0. The van der Waals surface area contributed by atoms with Gasteiger partial charge in [0.2, 0.25) is 5.91 Å². The molecule has 1 aromatic rings. The molecule has 1 N–H and O–H groups in total. The maximum absolute atomic E-state index is 13.6. The van der Waals surface area contributed by atoms with Gasteiger partial charge in [-0.15, -0.1) is 0 Å². The fourth-order valence-electron chi connectivity index (χ4n) is 3.53. The van der Waals surface area contributed by atoms with Crippen molar-refractivity contribution in [3.8, 4) is 0 Å². The van der Waals surface area contributed by atoms with Gasteiger partial charge in [0.1, 0.15) is 12.4 Å². The number of benzene rings is 1. The summed E-state index contributed by atoms with van der Waals surface area (Å²) in [4.78, 5) is 50.8. The van der Waals surface area contributed by atoms with Gasteiger partial charge in [-0.25, -0.2) is 14.1 Å². The molecule has 0 aromatic heterocycles. The lowest BCUT2D eigenvalue weighted by Crippen LogP contribution is -2.46. The smallest absolute Gasteiger partial charge is 0.322 e. The first kappa shape index (κ1) is 18.0. The van der Waals surface area contributed by atoms with Gasteiger partial charge in [0.25, 0.3) is 0 Å². The number of nitrogens with zero attached hydrogens (tertiary/aromatic N) is 2. The summed E-state index contributed by atoms with van der Waals surface area (Å²) in [5, 5.41) is 2.31. The summed E-state index contributed by atoms with van der Waals surface area (Å²) in [5.74, 6) is -3.18. The fraction of sp³-hybridized carbons (Fsp3) is 0.444. The maximum atomic E-state index is 13.6. The van der Waals surface area contributed by atoms with Gasteiger partial charge in [0.15, 0.2) is 0 Å². The van der Waals surface area contributed by atoms with Crippen molar-refractivity contribution >= 4 is 29.4 Å². The monoisotopic (exact) mass is 361 g/mol. The summed E-state index contributed by atoms with van der Waals surface area (Å²) in [5.41, 5.74) is -0.0549. The molecule has 3 rings (SSSR count). The van der Waals surface area contributed by atoms with E-state index in [4.69, 9.17) is 0 Å². The molecule has 2 atom stereocenters. The van der Waals surface area contributed by atoms with Gasteiger partial charge in [-0.3, -0.25) is 19.3 Å². The second kappa shape index (κ2) is 7.23. The predicted molar refractivity (Wildman–Crippen MR) is 90.4 cm³/mol. The number of nitrogens with one attached hydrogen (secondary N) is 1. The van der Waals surface area contributed by atoms with E-state index >= 15 is 0 Å². The second-order valence-corrected chi connectivity index (χ2v) is 6.71. The van der Waals surface area contributed by atoms with Crippen molar-refractivity contribution in [2.45, 2.75) is 38.6 Å². The molecule has 8 heteroatoms. The molecule has 0 spiro atoms. The molecular formula is C18H20FN3O4. The maximum Gasteiger partial charge on any atom is 0.334 e. The van der Waals surface area contributed by atoms with Gasteiger partial charge in [0, 0.05) is 6.04 Å². The molecule has 0 unspecified atom stereocenters. The first-order chi connectivity index (χ1) is 12.4. The molecule has 7 nitrogen and oxygen atoms in total. The summed E-state index contributed by atoms with van der Waals surface area (Å²) in [6.07, 6.45) is 3.44. The highest BCUT2D eigenvalue weighted by Crippen LogP contribution is 2.31. The van der Waals surface area contributed by atoms with Gasteiger partial charge < -0.3 is 5.32 Å². The molecule has 138 valence electrons. The van der Waals surface area contributed by atoms with E-state index in [1.54, 1.807) is 6.07 Å². The molecule has 5 amide bonds. The third-order valence-corrected chi connectivity index (χ3v) is 4.93. The molecule has 1 saturated carbocycles. The highest BCUT2D eigenvalue weighted by atomic mass is 19.1. The van der Waals surface area contributed by atoms with Crippen LogP contribution in [-0.2, 0) is 14.4 Å². The van der Waals surface area contributed by atoms with Crippen LogP contribution in [0.2, 0.25) is 0 Å². The third-order valence-electron chi connectivity index (χ3n) is 4.93. The van der Waals surface area contributed by atoms with Crippen LogP contribution in [0.15, 0.2) is 24.3 Å². The number of hydrogen-bond acceptors (Lipinski definition) is 4. The Kier molecular flexibility index (Phi) is 5.01. The number of carbonyl (C=O) groups excluding carboxylic acids is 4. The van der Waals surface area contributed by atoms with Gasteiger partial charge in [0.05, 0.1) is 5.69 Å². The van der Waals surface area contributed by atoms with E-state index < -0.39 is 36.1 Å². The Morgan fingerprint density at radius 2 is 1.85 bits per heavy atom. The SMILES string of the molecule is C[C@@H]1CCCC[C@@H]1N1C(=O)C(=O)N(CC(=O)Nc2ccccc2F)C1=O. The molecule has 1 aliphatic heterocycles. The summed E-state index contributed by atoms with van der Waals surface area (Å²) in [7, 11) is 0. The zero-order valence-corrected chi connectivity index (χ0v) is 14.4. The van der Waals surface area contributed by atoms with E-state index in [9.17, 15) is 23.6 Å². The Balaban J connectivity index is 1.71. The van der Waals surface area contributed by atoms with Crippen molar-refractivity contribution in [2.24, 2.45) is 5.92 Å². The number of halogens is 1. The van der Waals surface area contributed by atoms with Crippen molar-refractivity contribution in [1.82, 2.24) is 9.80 Å². The molecule has 0 bridgehead atoms. The first-order valence-electron chi connectivity index (χ1n) is 8.63. The van der Waals surface area contributed by atoms with E-state index in [1.165, 1.54) is 18.2 Å². The first-order valence-corrected chi connectivity index (χ1v) is 8.63. The number of urea groups is 1. The van der Waals surface area contributed by atoms with Crippen molar-refractivity contribution in [2.75, 3.05) is 11.9 Å². The Bertz CT molecular complexity index is 767. The van der Waals surface area contributed by atoms with Crippen LogP contribution in [0.1, 0.15) is 32.6 Å². The number of anilines is 1. The number of carbonyl (C=O) groups is 4. The molecule has 1 aromatic carbocycles. The summed E-state index contributed by atoms with van der Waals surface area (Å²) < 4.78 is 13.6. The lowest BCUT2D eigenvalue weighted by molar-refractivity contribution is -0.145. The highest BCUT2D eigenvalue weighted by molar-refractivity contribution is 6.45. The van der Waals surface area contributed by atoms with E-state index in [0.29, 0.717) is 11.3 Å². The number of imide groups is 2. The minimum atomic E-state index is -1.02. The predicted octanol–water partition coefficient (Wildman–Crippen LogP) is 2.13. The van der Waals surface area contributed by atoms with E-state index in [-0.39, 0.29) is 17.6 Å². The number of rotatable bonds is 4. The lowest BCUT2D eigenvalue weighted by Gasteiger charge is -2.34. The number of hydrogen-bond donors (Lipinski definition) is 1. The van der Waals surface area contributed by atoms with E-state index in [2.05, 4.69) is 5.32 Å². The zero-order valence-electron chi connectivity index (χ0n) is 14.4. The van der Waals surface area contributed by atoms with Gasteiger partial charge in [-0.2, -0.15) is 0 Å². The highest BCUT2D eigenvalue weighted by Gasteiger charge is 2.49. The lowest BCUT2D eigenvalue weighted by atomic mass is 9.85. The third kappa shape index (κ3) is 3.31. The van der Waals surface area contributed by atoms with Crippen LogP contribution < -0.4 is 5.32 Å². The summed E-state index contributed by atoms with van der Waals surface area (Å²) in [6, 6.07) is 4.45. The Morgan fingerprint density at radius 3 is 2.54 bits per heavy atom. The van der Waals surface area contributed by atoms with Crippen molar-refractivity contribution in [3.05, 3.63) is 30.1 Å². The Hall–Kier alpha value is -2.77. The molecule has 1 aliphatic carbocycles. The molecular weight excluding hydrogens is 341 g/mol. The van der Waals surface area contributed by atoms with Crippen LogP contribution in [0.5, 0.6) is 0 Å². The van der Waals surface area contributed by atoms with Crippen molar-refractivity contribution in [3.63, 3.8) is 0 Å². The zero-order chi connectivity index (χ0) is 18.8. The number of para-hydroxylation sites is 1. The average Bonchev–Trinajstić information content (AvgIpc) is 2.81. The molecule has 0 radical (unpaired) electrons. The molecule has 2 fully saturated rings. The Labute approximate surface area is 150 Å².